The second-order valence-corrected chi connectivity index (χ2v) is 5.63. The Morgan fingerprint density at radius 1 is 1.05 bits per heavy atom. The molecule has 0 aromatic heterocycles. The van der Waals surface area contributed by atoms with Crippen LogP contribution in [0.25, 0.3) is 0 Å². The predicted molar refractivity (Wildman–Crippen MR) is 85.3 cm³/mol. The van der Waals surface area contributed by atoms with E-state index in [4.69, 9.17) is 0 Å². The van der Waals surface area contributed by atoms with E-state index in [1.165, 1.54) is 12.0 Å². The molecule has 1 radical (unpaired) electrons. The van der Waals surface area contributed by atoms with Crippen LogP contribution in [-0.2, 0) is 28.1 Å². The molecule has 2 heteroatoms. The van der Waals surface area contributed by atoms with E-state index in [9.17, 15) is 0 Å². The van der Waals surface area contributed by atoms with Crippen molar-refractivity contribution in [3.8, 4) is 0 Å². The number of hydrogen-bond donors (Lipinski definition) is 0. The average molecular weight is 298 g/mol. The molecule has 0 aliphatic heterocycles. The summed E-state index contributed by atoms with van der Waals surface area (Å²) >= 11 is 0. The first kappa shape index (κ1) is 24.1. The molecule has 1 nitrogen and oxygen atoms in total. The second-order valence-electron chi connectivity index (χ2n) is 5.63. The molecule has 0 bridgehead atoms. The van der Waals surface area contributed by atoms with Crippen molar-refractivity contribution < 1.29 is 21.7 Å². The zero-order valence-corrected chi connectivity index (χ0v) is 15.7. The van der Waals surface area contributed by atoms with Crippen LogP contribution in [0.3, 0.4) is 0 Å². The van der Waals surface area contributed by atoms with E-state index in [0.717, 1.165) is 6.54 Å². The van der Waals surface area contributed by atoms with E-state index < -0.39 is 0 Å². The van der Waals surface area contributed by atoms with Gasteiger partial charge in [0.2, 0.25) is 0 Å². The van der Waals surface area contributed by atoms with E-state index in [-0.39, 0.29) is 36.6 Å². The van der Waals surface area contributed by atoms with Gasteiger partial charge in [0.25, 0.3) is 0 Å². The van der Waals surface area contributed by atoms with Gasteiger partial charge in [-0.3, -0.25) is 0 Å². The van der Waals surface area contributed by atoms with Gasteiger partial charge in [0.05, 0.1) is 0 Å². The number of nitrogens with zero attached hydrogens (tertiary/aromatic N) is 1. The molecule has 0 aliphatic rings. The molecule has 0 amide bonds. The van der Waals surface area contributed by atoms with Crippen LogP contribution in [0.2, 0.25) is 0 Å². The Kier molecular flexibility index (Phi) is 13.6. The van der Waals surface area contributed by atoms with Crippen molar-refractivity contribution in [3.63, 3.8) is 0 Å². The minimum Gasteiger partial charge on any atom is -0.358 e. The van der Waals surface area contributed by atoms with E-state index in [1.54, 1.807) is 11.1 Å². The van der Waals surface area contributed by atoms with Crippen molar-refractivity contribution in [3.05, 3.63) is 43.7 Å². The molecular formula is C17H32NTi. The first-order chi connectivity index (χ1) is 7.41. The van der Waals surface area contributed by atoms with Gasteiger partial charge in [-0.05, 0) is 26.6 Å². The first-order valence-electron chi connectivity index (χ1n) is 6.36. The largest absolute Gasteiger partial charge is 3.00 e. The molecule has 0 unspecified atom stereocenters. The summed E-state index contributed by atoms with van der Waals surface area (Å²) in [6, 6.07) is 4.81. The third kappa shape index (κ3) is 7.39. The van der Waals surface area contributed by atoms with Gasteiger partial charge in [0, 0.05) is 0 Å². The summed E-state index contributed by atoms with van der Waals surface area (Å²) in [5.41, 5.74) is 4.59. The maximum atomic E-state index is 2.41. The fourth-order valence-electron chi connectivity index (χ4n) is 2.03. The quantitative estimate of drug-likeness (QED) is 0.565. The minimum atomic E-state index is 0. The molecule has 1 aromatic carbocycles. The van der Waals surface area contributed by atoms with Crippen LogP contribution >= 0.6 is 0 Å². The Balaban J connectivity index is -0.000000853. The van der Waals surface area contributed by atoms with Crippen molar-refractivity contribution in [1.82, 2.24) is 4.90 Å². The Morgan fingerprint density at radius 3 is 1.95 bits per heavy atom. The van der Waals surface area contributed by atoms with Gasteiger partial charge in [-0.1, -0.05) is 40.0 Å². The van der Waals surface area contributed by atoms with Crippen molar-refractivity contribution in [2.24, 2.45) is 0 Å². The zero-order valence-electron chi connectivity index (χ0n) is 14.2. The van der Waals surface area contributed by atoms with Crippen molar-refractivity contribution >= 4 is 0 Å². The number of likely N-dealkylation sites (N-methyl/N-ethyl adjacent to an activating group) is 1. The van der Waals surface area contributed by atoms with Gasteiger partial charge >= 0.3 is 21.7 Å². The maximum absolute atomic E-state index is 2.41. The predicted octanol–water partition coefficient (Wildman–Crippen LogP) is 4.65. The van der Waals surface area contributed by atoms with E-state index in [1.807, 2.05) is 0 Å². The number of hydrogen-bond acceptors (Lipinski definition) is 1. The maximum Gasteiger partial charge on any atom is 3.00 e. The van der Waals surface area contributed by atoms with Crippen LogP contribution in [0.15, 0.2) is 12.1 Å². The molecule has 0 saturated carbocycles. The van der Waals surface area contributed by atoms with Gasteiger partial charge in [-0.25, -0.2) is 6.07 Å². The monoisotopic (exact) mass is 298 g/mol. The third-order valence-electron chi connectivity index (χ3n) is 3.15. The van der Waals surface area contributed by atoms with Gasteiger partial charge in [-0.15, -0.1) is 0 Å². The molecule has 1 rings (SSSR count). The van der Waals surface area contributed by atoms with Crippen molar-refractivity contribution in [2.45, 2.75) is 46.0 Å². The molecule has 0 saturated heterocycles. The topological polar surface area (TPSA) is 3.24 Å². The first-order valence-corrected chi connectivity index (χ1v) is 6.36. The molecule has 0 heterocycles. The zero-order chi connectivity index (χ0) is 12.3. The summed E-state index contributed by atoms with van der Waals surface area (Å²) < 4.78 is 0. The van der Waals surface area contributed by atoms with Crippen LogP contribution in [0.4, 0.5) is 0 Å². The molecular weight excluding hydrogens is 266 g/mol. The molecule has 0 aliphatic carbocycles. The summed E-state index contributed by atoms with van der Waals surface area (Å²) in [5, 5.41) is 0. The Morgan fingerprint density at radius 2 is 1.58 bits per heavy atom. The van der Waals surface area contributed by atoms with Gasteiger partial charge in [-0.2, -0.15) is 22.8 Å². The SMILES string of the molecule is CC(C)c1cc(C(C)C)[c-](CCN(C)C)c1.[CH3-].[CH3-].[Ti+3]. The van der Waals surface area contributed by atoms with Crippen LogP contribution in [0, 0.1) is 14.9 Å². The molecule has 109 valence electrons. The van der Waals surface area contributed by atoms with E-state index >= 15 is 0 Å². The molecule has 0 spiro atoms. The third-order valence-corrected chi connectivity index (χ3v) is 3.15. The summed E-state index contributed by atoms with van der Waals surface area (Å²) in [6.07, 6.45) is 1.17. The molecule has 19 heavy (non-hydrogen) atoms. The van der Waals surface area contributed by atoms with Gasteiger partial charge in [0.15, 0.2) is 0 Å². The van der Waals surface area contributed by atoms with Crippen molar-refractivity contribution in [1.29, 1.82) is 0 Å². The summed E-state index contributed by atoms with van der Waals surface area (Å²) in [4.78, 5) is 2.26. The molecule has 0 fully saturated rings. The summed E-state index contributed by atoms with van der Waals surface area (Å²) in [6.45, 7) is 10.3. The number of rotatable bonds is 5. The Bertz CT molecular complexity index is 324. The molecule has 0 atom stereocenters. The second kappa shape index (κ2) is 10.8. The Hall–Kier alpha value is 0.0243. The van der Waals surface area contributed by atoms with Crippen LogP contribution in [0.5, 0.6) is 0 Å². The molecule has 0 N–H and O–H groups in total. The average Bonchev–Trinajstić information content (AvgIpc) is 2.58. The Labute approximate surface area is 137 Å². The fourth-order valence-corrected chi connectivity index (χ4v) is 2.03. The van der Waals surface area contributed by atoms with Crippen molar-refractivity contribution in [2.75, 3.05) is 20.6 Å². The van der Waals surface area contributed by atoms with Crippen LogP contribution < -0.4 is 0 Å². The fraction of sp³-hybridized carbons (Fsp3) is 0.588. The molecule has 1 aromatic rings. The summed E-state index contributed by atoms with van der Waals surface area (Å²) in [5.74, 6) is 1.29. The van der Waals surface area contributed by atoms with Crippen LogP contribution in [-0.4, -0.2) is 25.5 Å². The summed E-state index contributed by atoms with van der Waals surface area (Å²) in [7, 11) is 4.28. The standard InChI is InChI=1S/C15H26N.2CH3.Ti/c1-11(2)14-9-13(7-8-16(5)6)15(10-14)12(3)4;;;/h9-12H,7-8H2,1-6H3;2*1H3;/q3*-1;+3. The van der Waals surface area contributed by atoms with Crippen LogP contribution in [0.1, 0.15) is 56.2 Å². The van der Waals surface area contributed by atoms with E-state index in [0.29, 0.717) is 11.8 Å². The van der Waals surface area contributed by atoms with Gasteiger partial charge in [0.1, 0.15) is 0 Å². The minimum absolute atomic E-state index is 0. The smallest absolute Gasteiger partial charge is 0.358 e. The normalized spacial score (nSPS) is 10.2. The van der Waals surface area contributed by atoms with Gasteiger partial charge < -0.3 is 19.8 Å². The van der Waals surface area contributed by atoms with E-state index in [2.05, 4.69) is 58.8 Å².